The van der Waals surface area contributed by atoms with Gasteiger partial charge in [-0.05, 0) is 35.2 Å². The van der Waals surface area contributed by atoms with E-state index in [4.69, 9.17) is 10.1 Å². The molecule has 0 bridgehead atoms. The van der Waals surface area contributed by atoms with Crippen LogP contribution in [-0.4, -0.2) is 19.2 Å². The van der Waals surface area contributed by atoms with Gasteiger partial charge in [0.15, 0.2) is 0 Å². The third-order valence-corrected chi connectivity index (χ3v) is 7.95. The van der Waals surface area contributed by atoms with Crippen LogP contribution in [-0.2, 0) is 20.1 Å². The number of hydrogen-bond acceptors (Lipinski definition) is 3. The van der Waals surface area contributed by atoms with Crippen LogP contribution in [0.1, 0.15) is 4.88 Å². The van der Waals surface area contributed by atoms with E-state index >= 15 is 0 Å². The van der Waals surface area contributed by atoms with E-state index in [2.05, 4.69) is 108 Å². The molecule has 0 atom stereocenters. The number of thiophene rings is 1. The number of benzene rings is 3. The molecule has 0 unspecified atom stereocenters. The summed E-state index contributed by atoms with van der Waals surface area (Å²) in [6, 6.07) is 31.9. The second kappa shape index (κ2) is 8.35. The van der Waals surface area contributed by atoms with Gasteiger partial charge >= 0.3 is 0 Å². The van der Waals surface area contributed by atoms with Crippen LogP contribution in [0, 0.1) is 12.3 Å². The Kier molecular flexibility index (Phi) is 5.05. The zero-order chi connectivity index (χ0) is 23.8. The molecule has 179 valence electrons. The van der Waals surface area contributed by atoms with Crippen LogP contribution in [0.4, 0.5) is 0 Å². The van der Waals surface area contributed by atoms with Crippen molar-refractivity contribution >= 4 is 60.3 Å². The minimum Gasteiger partial charge on any atom is -0.298 e. The van der Waals surface area contributed by atoms with Crippen molar-refractivity contribution in [2.45, 2.75) is 6.92 Å². The number of nitrogens with zero attached hydrogens (tertiary/aromatic N) is 4. The molecule has 8 rings (SSSR count). The molecule has 0 amide bonds. The van der Waals surface area contributed by atoms with Gasteiger partial charge in [-0.3, -0.25) is 20.4 Å². The summed E-state index contributed by atoms with van der Waals surface area (Å²) >= 11 is 1.65. The molecule has 0 N–H and O–H groups in total. The molecule has 8 aromatic rings. The summed E-state index contributed by atoms with van der Waals surface area (Å²) in [5, 5.41) is 14.4. The Labute approximate surface area is 230 Å². The van der Waals surface area contributed by atoms with Crippen molar-refractivity contribution < 1.29 is 20.1 Å². The molecule has 37 heavy (non-hydrogen) atoms. The van der Waals surface area contributed by atoms with Crippen LogP contribution in [0.2, 0.25) is 0 Å². The molecule has 5 heterocycles. The monoisotopic (exact) mass is 672 g/mol. The zero-order valence-electron chi connectivity index (χ0n) is 19.8. The molecule has 3 aromatic carbocycles. The Hall–Kier alpha value is -3.83. The molecule has 4 nitrogen and oxygen atoms in total. The van der Waals surface area contributed by atoms with Gasteiger partial charge in [0.1, 0.15) is 5.82 Å². The summed E-state index contributed by atoms with van der Waals surface area (Å²) in [4.78, 5) is 6.46. The Morgan fingerprint density at radius 3 is 2.11 bits per heavy atom. The second-order valence-electron chi connectivity index (χ2n) is 9.10. The Bertz CT molecular complexity index is 2080. The van der Waals surface area contributed by atoms with Gasteiger partial charge in [-0.1, -0.05) is 84.4 Å². The van der Waals surface area contributed by atoms with Gasteiger partial charge in [0.05, 0.1) is 28.4 Å². The van der Waals surface area contributed by atoms with Crippen LogP contribution < -0.4 is 0 Å². The summed E-state index contributed by atoms with van der Waals surface area (Å²) in [6.07, 6.45) is 1.94. The van der Waals surface area contributed by atoms with E-state index in [1.54, 1.807) is 11.3 Å². The smallest absolute Gasteiger partial charge is 0.138 e. The predicted octanol–water partition coefficient (Wildman–Crippen LogP) is 7.97. The number of aryl methyl sites for hydroxylation is 1. The minimum absolute atomic E-state index is 0. The summed E-state index contributed by atoms with van der Waals surface area (Å²) < 4.78 is 4.29. The molecule has 0 aliphatic rings. The fourth-order valence-corrected chi connectivity index (χ4v) is 6.35. The van der Waals surface area contributed by atoms with Gasteiger partial charge in [-0.15, -0.1) is 10.3 Å². The van der Waals surface area contributed by atoms with Gasteiger partial charge in [0, 0.05) is 36.4 Å². The van der Waals surface area contributed by atoms with E-state index in [-0.39, 0.29) is 20.1 Å². The van der Waals surface area contributed by atoms with E-state index in [9.17, 15) is 0 Å². The molecule has 1 radical (unpaired) electrons. The van der Waals surface area contributed by atoms with Crippen LogP contribution in [0.15, 0.2) is 97.2 Å². The van der Waals surface area contributed by atoms with E-state index in [1.807, 2.05) is 10.7 Å². The second-order valence-corrected chi connectivity index (χ2v) is 10.1. The van der Waals surface area contributed by atoms with Crippen LogP contribution >= 0.6 is 11.3 Å². The van der Waals surface area contributed by atoms with E-state index in [0.29, 0.717) is 0 Å². The number of fused-ring (bicyclic) bond motifs is 9. The van der Waals surface area contributed by atoms with Crippen molar-refractivity contribution in [3.63, 3.8) is 0 Å². The summed E-state index contributed by atoms with van der Waals surface area (Å²) in [6.45, 7) is 2.16. The third-order valence-electron chi connectivity index (χ3n) is 7.14. The predicted molar refractivity (Wildman–Crippen MR) is 149 cm³/mol. The zero-order valence-corrected chi connectivity index (χ0v) is 23.0. The summed E-state index contributed by atoms with van der Waals surface area (Å²) in [7, 11) is 0. The van der Waals surface area contributed by atoms with Crippen LogP contribution in [0.3, 0.4) is 0 Å². The number of para-hydroxylation sites is 2. The van der Waals surface area contributed by atoms with Gasteiger partial charge < -0.3 is 0 Å². The quantitative estimate of drug-likeness (QED) is 0.175. The van der Waals surface area contributed by atoms with Crippen molar-refractivity contribution in [3.8, 4) is 17.1 Å². The van der Waals surface area contributed by atoms with Crippen LogP contribution in [0.5, 0.6) is 0 Å². The molecular weight excluding hydrogens is 653 g/mol. The molecular formula is C31H19IrN4S-. The molecule has 6 heteroatoms. The molecule has 0 fully saturated rings. The van der Waals surface area contributed by atoms with Crippen molar-refractivity contribution in [2.24, 2.45) is 0 Å². The van der Waals surface area contributed by atoms with Crippen LogP contribution in [0.25, 0.3) is 66.1 Å². The maximum atomic E-state index is 5.20. The number of hydrogen-bond donors (Lipinski definition) is 0. The normalized spacial score (nSPS) is 11.7. The third kappa shape index (κ3) is 3.10. The first-order chi connectivity index (χ1) is 17.8. The molecule has 0 aliphatic heterocycles. The van der Waals surface area contributed by atoms with E-state index in [0.717, 1.165) is 39.1 Å². The molecule has 0 saturated heterocycles. The summed E-state index contributed by atoms with van der Waals surface area (Å²) in [5.74, 6) is 0.896. The Balaban J connectivity index is 0.00000231. The van der Waals surface area contributed by atoms with Crippen molar-refractivity contribution in [3.05, 3.63) is 107 Å². The molecule has 0 saturated carbocycles. The first-order valence-corrected chi connectivity index (χ1v) is 12.8. The van der Waals surface area contributed by atoms with Gasteiger partial charge in [0.25, 0.3) is 0 Å². The Morgan fingerprint density at radius 2 is 1.38 bits per heavy atom. The SMILES string of the molecule is Cc1s[c-]c2c1c1ccccc1c1c(-c3cccc(-n4c5ccccc5c5ccccc54)n3)cnn21.[Ir]. The van der Waals surface area contributed by atoms with Gasteiger partial charge in [-0.2, -0.15) is 5.10 Å². The first-order valence-electron chi connectivity index (χ1n) is 11.9. The molecule has 0 spiro atoms. The average molecular weight is 672 g/mol. The molecule has 0 aliphatic carbocycles. The fraction of sp³-hybridized carbons (Fsp3) is 0.0323. The molecule has 5 aromatic heterocycles. The van der Waals surface area contributed by atoms with Crippen molar-refractivity contribution in [2.75, 3.05) is 0 Å². The summed E-state index contributed by atoms with van der Waals surface area (Å²) in [5.41, 5.74) is 6.32. The van der Waals surface area contributed by atoms with Gasteiger partial charge in [0.2, 0.25) is 0 Å². The maximum absolute atomic E-state index is 5.20. The topological polar surface area (TPSA) is 35.1 Å². The fourth-order valence-electron chi connectivity index (χ4n) is 5.60. The number of aromatic nitrogens is 4. The minimum atomic E-state index is 0. The number of rotatable bonds is 2. The van der Waals surface area contributed by atoms with Gasteiger partial charge in [-0.25, -0.2) is 4.98 Å². The average Bonchev–Trinajstić information content (AvgIpc) is 3.63. The van der Waals surface area contributed by atoms with Crippen molar-refractivity contribution in [1.82, 2.24) is 19.2 Å². The van der Waals surface area contributed by atoms with E-state index < -0.39 is 0 Å². The van der Waals surface area contributed by atoms with Crippen molar-refractivity contribution in [1.29, 1.82) is 0 Å². The first kappa shape index (κ1) is 22.4. The van der Waals surface area contributed by atoms with E-state index in [1.165, 1.54) is 31.8 Å². The largest absolute Gasteiger partial charge is 0.298 e. The maximum Gasteiger partial charge on any atom is 0.138 e. The Morgan fingerprint density at radius 1 is 0.730 bits per heavy atom. The standard InChI is InChI=1S/C31H19N4S.Ir/c1-19-30-22-11-2-3-12-23(22)31-24(17-32-35(31)28(30)18-36-19)25-13-8-16-29(33-25)34-26-14-6-4-9-20(26)21-10-5-7-15-27(21)34;/h2-17H,1H3;/q-1;. The number of pyridine rings is 2.